The number of hydrogen-bond acceptors (Lipinski definition) is 3. The molecule has 0 aliphatic heterocycles. The molecule has 3 aromatic rings. The van der Waals surface area contributed by atoms with E-state index in [2.05, 4.69) is 11.1 Å². The van der Waals surface area contributed by atoms with Gasteiger partial charge in [0.1, 0.15) is 5.15 Å². The van der Waals surface area contributed by atoms with Crippen LogP contribution in [0.4, 0.5) is 5.69 Å². The molecule has 0 atom stereocenters. The molecule has 106 valence electrons. The number of thioether (sulfide) groups is 1. The molecule has 1 aromatic heterocycles. The second-order valence-electron chi connectivity index (χ2n) is 4.61. The number of para-hydroxylation sites is 1. The Morgan fingerprint density at radius 1 is 1.05 bits per heavy atom. The van der Waals surface area contributed by atoms with Crippen molar-refractivity contribution in [2.45, 2.75) is 10.6 Å². The summed E-state index contributed by atoms with van der Waals surface area (Å²) in [5.74, 6) is 0.709. The van der Waals surface area contributed by atoms with E-state index in [1.54, 1.807) is 17.8 Å². The van der Waals surface area contributed by atoms with Gasteiger partial charge in [-0.1, -0.05) is 41.4 Å². The molecule has 2 aromatic carbocycles. The molecule has 0 saturated carbocycles. The SMILES string of the molecule is Nc1ccc(SCc2cc3ccccc3nc2Cl)c(Cl)c1. The number of rotatable bonds is 3. The zero-order valence-electron chi connectivity index (χ0n) is 11.0. The summed E-state index contributed by atoms with van der Waals surface area (Å²) in [6.45, 7) is 0. The fourth-order valence-electron chi connectivity index (χ4n) is 2.03. The van der Waals surface area contributed by atoms with Crippen LogP contribution in [0, 0.1) is 0 Å². The van der Waals surface area contributed by atoms with Gasteiger partial charge in [-0.25, -0.2) is 4.98 Å². The zero-order valence-corrected chi connectivity index (χ0v) is 13.3. The average molecular weight is 335 g/mol. The number of nitrogens with two attached hydrogens (primary N) is 1. The largest absolute Gasteiger partial charge is 0.399 e. The number of nitrogen functional groups attached to an aromatic ring is 1. The standard InChI is InChI=1S/C16H12Cl2N2S/c17-13-8-12(19)5-6-15(13)21-9-11-7-10-3-1-2-4-14(10)20-16(11)18/h1-8H,9,19H2. The lowest BCUT2D eigenvalue weighted by molar-refractivity contribution is 1.30. The number of benzene rings is 2. The number of halogens is 2. The smallest absolute Gasteiger partial charge is 0.133 e. The summed E-state index contributed by atoms with van der Waals surface area (Å²) in [5.41, 5.74) is 8.26. The molecule has 5 heteroatoms. The highest BCUT2D eigenvalue weighted by Gasteiger charge is 2.07. The normalized spacial score (nSPS) is 11.0. The molecule has 0 radical (unpaired) electrons. The molecule has 0 saturated heterocycles. The predicted octanol–water partition coefficient (Wildman–Crippen LogP) is 5.42. The maximum atomic E-state index is 6.26. The number of anilines is 1. The molecular formula is C16H12Cl2N2S. The lowest BCUT2D eigenvalue weighted by Crippen LogP contribution is -1.89. The van der Waals surface area contributed by atoms with Gasteiger partial charge in [-0.3, -0.25) is 0 Å². The van der Waals surface area contributed by atoms with Crippen molar-refractivity contribution in [3.8, 4) is 0 Å². The first-order valence-electron chi connectivity index (χ1n) is 6.35. The van der Waals surface area contributed by atoms with Crippen LogP contribution >= 0.6 is 35.0 Å². The van der Waals surface area contributed by atoms with Crippen molar-refractivity contribution in [3.05, 3.63) is 64.3 Å². The molecule has 2 N–H and O–H groups in total. The van der Waals surface area contributed by atoms with Gasteiger partial charge in [0.2, 0.25) is 0 Å². The first-order valence-corrected chi connectivity index (χ1v) is 8.09. The number of pyridine rings is 1. The van der Waals surface area contributed by atoms with Gasteiger partial charge in [0.05, 0.1) is 10.5 Å². The van der Waals surface area contributed by atoms with Crippen LogP contribution in [-0.4, -0.2) is 4.98 Å². The molecule has 0 fully saturated rings. The van der Waals surface area contributed by atoms with Gasteiger partial charge in [0, 0.05) is 27.3 Å². The topological polar surface area (TPSA) is 38.9 Å². The van der Waals surface area contributed by atoms with Crippen molar-refractivity contribution < 1.29 is 0 Å². The highest BCUT2D eigenvalue weighted by molar-refractivity contribution is 7.98. The lowest BCUT2D eigenvalue weighted by atomic mass is 10.2. The van der Waals surface area contributed by atoms with Gasteiger partial charge in [-0.05, 0) is 30.3 Å². The molecule has 0 amide bonds. The number of nitrogens with zero attached hydrogens (tertiary/aromatic N) is 1. The van der Waals surface area contributed by atoms with Gasteiger partial charge in [0.25, 0.3) is 0 Å². The monoisotopic (exact) mass is 334 g/mol. The third-order valence-electron chi connectivity index (χ3n) is 3.09. The molecule has 0 aliphatic rings. The van der Waals surface area contributed by atoms with Crippen LogP contribution in [0.15, 0.2) is 53.4 Å². The number of hydrogen-bond donors (Lipinski definition) is 1. The lowest BCUT2D eigenvalue weighted by Gasteiger charge is -2.08. The Kier molecular flexibility index (Phi) is 4.24. The van der Waals surface area contributed by atoms with Crippen molar-refractivity contribution in [2.24, 2.45) is 0 Å². The van der Waals surface area contributed by atoms with Gasteiger partial charge in [0.15, 0.2) is 0 Å². The third kappa shape index (κ3) is 3.26. The Balaban J connectivity index is 1.86. The Bertz CT molecular complexity index is 805. The molecule has 0 unspecified atom stereocenters. The van der Waals surface area contributed by atoms with Gasteiger partial charge < -0.3 is 5.73 Å². The van der Waals surface area contributed by atoms with Crippen LogP contribution in [0.3, 0.4) is 0 Å². The minimum absolute atomic E-state index is 0.535. The van der Waals surface area contributed by atoms with Crippen molar-refractivity contribution in [1.29, 1.82) is 0 Å². The Morgan fingerprint density at radius 2 is 1.86 bits per heavy atom. The van der Waals surface area contributed by atoms with Crippen LogP contribution in [0.5, 0.6) is 0 Å². The fraction of sp³-hybridized carbons (Fsp3) is 0.0625. The van der Waals surface area contributed by atoms with Crippen molar-refractivity contribution in [1.82, 2.24) is 4.98 Å². The van der Waals surface area contributed by atoms with Crippen LogP contribution in [-0.2, 0) is 5.75 Å². The van der Waals surface area contributed by atoms with Crippen molar-refractivity contribution >= 4 is 51.6 Å². The van der Waals surface area contributed by atoms with E-state index in [4.69, 9.17) is 28.9 Å². The first-order chi connectivity index (χ1) is 10.1. The van der Waals surface area contributed by atoms with Crippen LogP contribution in [0.1, 0.15) is 5.56 Å². The highest BCUT2D eigenvalue weighted by atomic mass is 35.5. The summed E-state index contributed by atoms with van der Waals surface area (Å²) in [7, 11) is 0. The van der Waals surface area contributed by atoms with Gasteiger partial charge in [-0.2, -0.15) is 0 Å². The van der Waals surface area contributed by atoms with E-state index in [0.717, 1.165) is 21.4 Å². The first kappa shape index (κ1) is 14.5. The fourth-order valence-corrected chi connectivity index (χ4v) is 3.56. The summed E-state index contributed by atoms with van der Waals surface area (Å²) in [6.07, 6.45) is 0. The van der Waals surface area contributed by atoms with E-state index in [-0.39, 0.29) is 0 Å². The summed E-state index contributed by atoms with van der Waals surface area (Å²) >= 11 is 14.1. The van der Waals surface area contributed by atoms with E-state index in [1.807, 2.05) is 36.4 Å². The average Bonchev–Trinajstić information content (AvgIpc) is 2.46. The second kappa shape index (κ2) is 6.14. The number of fused-ring (bicyclic) bond motifs is 1. The molecule has 21 heavy (non-hydrogen) atoms. The van der Waals surface area contributed by atoms with Crippen LogP contribution < -0.4 is 5.73 Å². The van der Waals surface area contributed by atoms with Crippen molar-refractivity contribution in [3.63, 3.8) is 0 Å². The molecule has 1 heterocycles. The highest BCUT2D eigenvalue weighted by Crippen LogP contribution is 2.33. The number of aromatic nitrogens is 1. The molecule has 0 spiro atoms. The summed E-state index contributed by atoms with van der Waals surface area (Å²) in [4.78, 5) is 5.41. The van der Waals surface area contributed by atoms with Crippen LogP contribution in [0.25, 0.3) is 10.9 Å². The maximum absolute atomic E-state index is 6.26. The van der Waals surface area contributed by atoms with E-state index in [0.29, 0.717) is 21.6 Å². The van der Waals surface area contributed by atoms with Gasteiger partial charge >= 0.3 is 0 Å². The summed E-state index contributed by atoms with van der Waals surface area (Å²) in [6, 6.07) is 15.5. The predicted molar refractivity (Wildman–Crippen MR) is 92.2 cm³/mol. The molecular weight excluding hydrogens is 323 g/mol. The summed E-state index contributed by atoms with van der Waals surface area (Å²) < 4.78 is 0. The molecule has 3 rings (SSSR count). The molecule has 2 nitrogen and oxygen atoms in total. The van der Waals surface area contributed by atoms with E-state index in [9.17, 15) is 0 Å². The van der Waals surface area contributed by atoms with Crippen LogP contribution in [0.2, 0.25) is 10.2 Å². The minimum Gasteiger partial charge on any atom is -0.399 e. The molecule has 0 aliphatic carbocycles. The Morgan fingerprint density at radius 3 is 2.67 bits per heavy atom. The minimum atomic E-state index is 0.535. The Labute approximate surface area is 137 Å². The van der Waals surface area contributed by atoms with Gasteiger partial charge in [-0.15, -0.1) is 11.8 Å². The van der Waals surface area contributed by atoms with E-state index >= 15 is 0 Å². The second-order valence-corrected chi connectivity index (χ2v) is 6.39. The maximum Gasteiger partial charge on any atom is 0.133 e. The zero-order chi connectivity index (χ0) is 14.8. The van der Waals surface area contributed by atoms with Crippen molar-refractivity contribution in [2.75, 3.05) is 5.73 Å². The van der Waals surface area contributed by atoms with E-state index < -0.39 is 0 Å². The third-order valence-corrected chi connectivity index (χ3v) is 4.96. The molecule has 0 bridgehead atoms. The quantitative estimate of drug-likeness (QED) is 0.395. The van der Waals surface area contributed by atoms with E-state index in [1.165, 1.54) is 0 Å². The summed E-state index contributed by atoms with van der Waals surface area (Å²) in [5, 5.41) is 2.28. The Hall–Kier alpha value is -1.42.